The first-order chi connectivity index (χ1) is 20.0. The highest BCUT2D eigenvalue weighted by molar-refractivity contribution is 7.92. The van der Waals surface area contributed by atoms with Crippen molar-refractivity contribution >= 4 is 39.1 Å². The molecule has 9 heteroatoms. The van der Waals surface area contributed by atoms with Crippen molar-refractivity contribution in [3.63, 3.8) is 0 Å². The predicted octanol–water partition coefficient (Wildman–Crippen LogP) is 5.81. The summed E-state index contributed by atoms with van der Waals surface area (Å²) in [6.45, 7) is 3.40. The van der Waals surface area contributed by atoms with Crippen molar-refractivity contribution in [1.29, 1.82) is 0 Å². The zero-order valence-corrected chi connectivity index (χ0v) is 26.1. The van der Waals surface area contributed by atoms with E-state index >= 15 is 0 Å². The van der Waals surface area contributed by atoms with Crippen LogP contribution < -0.4 is 9.62 Å². The molecule has 1 fully saturated rings. The smallest absolute Gasteiger partial charge is 0.244 e. The van der Waals surface area contributed by atoms with E-state index in [-0.39, 0.29) is 18.5 Å². The van der Waals surface area contributed by atoms with Crippen molar-refractivity contribution < 1.29 is 18.0 Å². The third-order valence-electron chi connectivity index (χ3n) is 7.88. The summed E-state index contributed by atoms with van der Waals surface area (Å²) in [6.07, 6.45) is 6.46. The number of nitrogens with one attached hydrogen (secondary N) is 1. The maximum Gasteiger partial charge on any atom is 0.244 e. The van der Waals surface area contributed by atoms with E-state index in [0.717, 1.165) is 59.4 Å². The normalized spacial score (nSPS) is 14.7. The number of sulfonamides is 1. The van der Waals surface area contributed by atoms with Crippen LogP contribution in [0.15, 0.2) is 72.8 Å². The minimum Gasteiger partial charge on any atom is -0.352 e. The van der Waals surface area contributed by atoms with Crippen molar-refractivity contribution in [3.05, 3.63) is 100 Å². The lowest BCUT2D eigenvalue weighted by molar-refractivity contribution is -0.140. The molecule has 42 heavy (non-hydrogen) atoms. The van der Waals surface area contributed by atoms with Gasteiger partial charge in [0.25, 0.3) is 0 Å². The summed E-state index contributed by atoms with van der Waals surface area (Å²) >= 11 is 6.33. The van der Waals surface area contributed by atoms with Crippen LogP contribution >= 0.6 is 11.6 Å². The predicted molar refractivity (Wildman–Crippen MR) is 169 cm³/mol. The lowest BCUT2D eigenvalue weighted by Gasteiger charge is -2.35. The van der Waals surface area contributed by atoms with Crippen LogP contribution in [0.4, 0.5) is 5.69 Å². The lowest BCUT2D eigenvalue weighted by atomic mass is 9.94. The molecule has 4 rings (SSSR count). The Balaban J connectivity index is 1.73. The molecule has 224 valence electrons. The number of nitrogens with zero attached hydrogens (tertiary/aromatic N) is 2. The van der Waals surface area contributed by atoms with Crippen LogP contribution in [0.1, 0.15) is 54.4 Å². The topological polar surface area (TPSA) is 86.8 Å². The standard InChI is InChI=1S/C33H40ClN3O4S/c1-24-17-19-27(20-18-24)22-36(32(38)23-37(42(3,40)41)30-16-10-15-29(34)25(30)2)31(21-26-11-6-4-7-12-26)33(39)35-28-13-8-5-9-14-28/h4,6-7,10-12,15-20,28,31H,5,8-9,13-14,21-23H2,1-3H3,(H,35,39)/t31-/m0/s1. The van der Waals surface area contributed by atoms with E-state index in [2.05, 4.69) is 5.32 Å². The molecule has 0 bridgehead atoms. The molecule has 0 aliphatic heterocycles. The minimum absolute atomic E-state index is 0.0579. The first-order valence-electron chi connectivity index (χ1n) is 14.4. The molecular formula is C33H40ClN3O4S. The fourth-order valence-electron chi connectivity index (χ4n) is 5.45. The molecular weight excluding hydrogens is 570 g/mol. The van der Waals surface area contributed by atoms with Gasteiger partial charge in [-0.05, 0) is 55.5 Å². The molecule has 0 heterocycles. The van der Waals surface area contributed by atoms with E-state index in [1.165, 1.54) is 4.90 Å². The molecule has 0 spiro atoms. The van der Waals surface area contributed by atoms with E-state index in [9.17, 15) is 18.0 Å². The minimum atomic E-state index is -3.87. The molecule has 0 saturated heterocycles. The molecule has 1 N–H and O–H groups in total. The molecule has 7 nitrogen and oxygen atoms in total. The van der Waals surface area contributed by atoms with Gasteiger partial charge in [0.1, 0.15) is 12.6 Å². The van der Waals surface area contributed by atoms with Gasteiger partial charge in [0, 0.05) is 24.0 Å². The lowest BCUT2D eigenvalue weighted by Crippen LogP contribution is -2.55. The number of carbonyl (C=O) groups is 2. The first-order valence-corrected chi connectivity index (χ1v) is 16.7. The molecule has 0 aromatic heterocycles. The van der Waals surface area contributed by atoms with Crippen molar-refractivity contribution in [2.75, 3.05) is 17.1 Å². The largest absolute Gasteiger partial charge is 0.352 e. The highest BCUT2D eigenvalue weighted by Crippen LogP contribution is 2.29. The number of aryl methyl sites for hydroxylation is 1. The number of hydrogen-bond acceptors (Lipinski definition) is 4. The van der Waals surface area contributed by atoms with Gasteiger partial charge < -0.3 is 10.2 Å². The molecule has 1 saturated carbocycles. The van der Waals surface area contributed by atoms with Crippen LogP contribution in [0.25, 0.3) is 0 Å². The van der Waals surface area contributed by atoms with Gasteiger partial charge in [0.2, 0.25) is 21.8 Å². The number of rotatable bonds is 11. The Hall–Kier alpha value is -3.36. The molecule has 3 aromatic carbocycles. The van der Waals surface area contributed by atoms with Crippen molar-refractivity contribution in [1.82, 2.24) is 10.2 Å². The summed E-state index contributed by atoms with van der Waals surface area (Å²) in [6, 6.07) is 21.6. The first kappa shape index (κ1) is 31.6. The van der Waals surface area contributed by atoms with E-state index in [4.69, 9.17) is 11.6 Å². The van der Waals surface area contributed by atoms with Gasteiger partial charge in [-0.15, -0.1) is 0 Å². The van der Waals surface area contributed by atoms with Crippen LogP contribution in [0, 0.1) is 13.8 Å². The molecule has 0 unspecified atom stereocenters. The number of amides is 2. The van der Waals surface area contributed by atoms with Gasteiger partial charge in [0.05, 0.1) is 11.9 Å². The summed E-state index contributed by atoms with van der Waals surface area (Å²) < 4.78 is 27.2. The molecule has 3 aromatic rings. The second kappa shape index (κ2) is 14.2. The van der Waals surface area contributed by atoms with Gasteiger partial charge in [-0.1, -0.05) is 97.1 Å². The summed E-state index contributed by atoms with van der Waals surface area (Å²) in [5, 5.41) is 3.62. The van der Waals surface area contributed by atoms with Crippen LogP contribution in [-0.2, 0) is 32.6 Å². The van der Waals surface area contributed by atoms with Gasteiger partial charge in [-0.3, -0.25) is 13.9 Å². The maximum atomic E-state index is 14.3. The van der Waals surface area contributed by atoms with Crippen molar-refractivity contribution in [3.8, 4) is 0 Å². The van der Waals surface area contributed by atoms with Gasteiger partial charge in [-0.2, -0.15) is 0 Å². The number of anilines is 1. The van der Waals surface area contributed by atoms with Gasteiger partial charge in [0.15, 0.2) is 0 Å². The second-order valence-corrected chi connectivity index (χ2v) is 13.5. The fourth-order valence-corrected chi connectivity index (χ4v) is 6.52. The average Bonchev–Trinajstić information content (AvgIpc) is 2.96. The Bertz CT molecular complexity index is 1470. The van der Waals surface area contributed by atoms with Crippen molar-refractivity contribution in [2.24, 2.45) is 0 Å². The van der Waals surface area contributed by atoms with Gasteiger partial charge >= 0.3 is 0 Å². The van der Waals surface area contributed by atoms with Crippen LogP contribution in [0.2, 0.25) is 5.02 Å². The summed E-state index contributed by atoms with van der Waals surface area (Å²) in [7, 11) is -3.87. The number of carbonyl (C=O) groups excluding carboxylic acids is 2. The molecule has 1 aliphatic rings. The third-order valence-corrected chi connectivity index (χ3v) is 9.42. The Morgan fingerprint density at radius 1 is 0.905 bits per heavy atom. The van der Waals surface area contributed by atoms with Crippen LogP contribution in [0.3, 0.4) is 0 Å². The monoisotopic (exact) mass is 609 g/mol. The third kappa shape index (κ3) is 8.35. The molecule has 1 atom stereocenters. The zero-order valence-electron chi connectivity index (χ0n) is 24.6. The van der Waals surface area contributed by atoms with Gasteiger partial charge in [-0.25, -0.2) is 8.42 Å². The Morgan fingerprint density at radius 2 is 1.57 bits per heavy atom. The van der Waals surface area contributed by atoms with E-state index in [1.807, 2.05) is 61.5 Å². The van der Waals surface area contributed by atoms with E-state index < -0.39 is 28.5 Å². The van der Waals surface area contributed by atoms with E-state index in [1.54, 1.807) is 25.1 Å². The Morgan fingerprint density at radius 3 is 2.21 bits per heavy atom. The summed E-state index contributed by atoms with van der Waals surface area (Å²) in [4.78, 5) is 29.8. The Kier molecular flexibility index (Phi) is 10.7. The second-order valence-electron chi connectivity index (χ2n) is 11.2. The summed E-state index contributed by atoms with van der Waals surface area (Å²) in [5.74, 6) is -0.698. The number of halogens is 1. The molecule has 0 radical (unpaired) electrons. The average molecular weight is 610 g/mol. The molecule has 1 aliphatic carbocycles. The quantitative estimate of drug-likeness (QED) is 0.297. The highest BCUT2D eigenvalue weighted by Gasteiger charge is 2.34. The maximum absolute atomic E-state index is 14.3. The Labute approximate surface area is 254 Å². The zero-order chi connectivity index (χ0) is 30.3. The fraction of sp³-hybridized carbons (Fsp3) is 0.394. The van der Waals surface area contributed by atoms with E-state index in [0.29, 0.717) is 22.7 Å². The molecule has 2 amide bonds. The summed E-state index contributed by atoms with van der Waals surface area (Å²) in [5.41, 5.74) is 3.72. The highest BCUT2D eigenvalue weighted by atomic mass is 35.5. The van der Waals surface area contributed by atoms with Crippen molar-refractivity contribution in [2.45, 2.75) is 71.0 Å². The number of hydrogen-bond donors (Lipinski definition) is 1. The van der Waals surface area contributed by atoms with Crippen LogP contribution in [0.5, 0.6) is 0 Å². The van der Waals surface area contributed by atoms with Crippen LogP contribution in [-0.4, -0.2) is 50.0 Å². The SMILES string of the molecule is Cc1ccc(CN(C(=O)CN(c2cccc(Cl)c2C)S(C)(=O)=O)[C@@H](Cc2ccccc2)C(=O)NC2CCCCC2)cc1. The number of benzene rings is 3.